The lowest BCUT2D eigenvalue weighted by molar-refractivity contribution is -0.168. The first-order valence-corrected chi connectivity index (χ1v) is 6.69. The van der Waals surface area contributed by atoms with Crippen LogP contribution in [0.5, 0.6) is 0 Å². The molecule has 1 unspecified atom stereocenters. The van der Waals surface area contributed by atoms with Crippen molar-refractivity contribution >= 4 is 17.8 Å². The van der Waals surface area contributed by atoms with Crippen LogP contribution in [-0.4, -0.2) is 85.3 Å². The maximum Gasteiger partial charge on any atom is 0.370 e. The molecule has 0 spiro atoms. The number of rotatable bonds is 5. The summed E-state index contributed by atoms with van der Waals surface area (Å²) in [6.07, 6.45) is -6.10. The van der Waals surface area contributed by atoms with Gasteiger partial charge in [0, 0.05) is 13.8 Å². The molecule has 130 valence electrons. The molecule has 0 fully saturated rings. The summed E-state index contributed by atoms with van der Waals surface area (Å²) >= 11 is 0. The second kappa shape index (κ2) is 7.51. The minimum Gasteiger partial charge on any atom is -0.478 e. The predicted octanol–water partition coefficient (Wildman–Crippen LogP) is -2.81. The van der Waals surface area contributed by atoms with Crippen LogP contribution in [0, 0.1) is 0 Å². The van der Waals surface area contributed by atoms with Crippen molar-refractivity contribution in [3.8, 4) is 0 Å². The van der Waals surface area contributed by atoms with Gasteiger partial charge in [-0.25, -0.2) is 4.79 Å². The van der Waals surface area contributed by atoms with Gasteiger partial charge in [-0.05, 0) is 6.08 Å². The Kier molecular flexibility index (Phi) is 6.21. The Morgan fingerprint density at radius 1 is 1.26 bits per heavy atom. The Bertz CT molecular complexity index is 504. The van der Waals surface area contributed by atoms with Crippen molar-refractivity contribution in [3.05, 3.63) is 11.8 Å². The number of carboxylic acids is 1. The molecular formula is C13H19NO9. The first-order chi connectivity index (χ1) is 10.6. The molecule has 1 aliphatic rings. The molecule has 0 bridgehead atoms. The lowest BCUT2D eigenvalue weighted by Gasteiger charge is -2.42. The zero-order chi connectivity index (χ0) is 17.9. The van der Waals surface area contributed by atoms with Crippen molar-refractivity contribution in [1.82, 2.24) is 4.90 Å². The zero-order valence-electron chi connectivity index (χ0n) is 12.5. The van der Waals surface area contributed by atoms with Crippen molar-refractivity contribution < 1.29 is 44.7 Å². The van der Waals surface area contributed by atoms with Gasteiger partial charge in [0.2, 0.25) is 17.6 Å². The lowest BCUT2D eigenvalue weighted by Crippen LogP contribution is -2.62. The van der Waals surface area contributed by atoms with Crippen molar-refractivity contribution in [2.75, 3.05) is 6.61 Å². The van der Waals surface area contributed by atoms with Crippen LogP contribution < -0.4 is 0 Å². The molecular weight excluding hydrogens is 314 g/mol. The van der Waals surface area contributed by atoms with Gasteiger partial charge >= 0.3 is 5.97 Å². The number of nitrogens with zero attached hydrogens (tertiary/aromatic N) is 1. The summed E-state index contributed by atoms with van der Waals surface area (Å²) < 4.78 is 5.03. The smallest absolute Gasteiger partial charge is 0.370 e. The van der Waals surface area contributed by atoms with E-state index in [0.717, 1.165) is 19.9 Å². The highest BCUT2D eigenvalue weighted by molar-refractivity contribution is 5.93. The third kappa shape index (κ3) is 4.05. The van der Waals surface area contributed by atoms with Crippen molar-refractivity contribution in [3.63, 3.8) is 0 Å². The Hall–Kier alpha value is -2.01. The van der Waals surface area contributed by atoms with Gasteiger partial charge in [-0.1, -0.05) is 0 Å². The van der Waals surface area contributed by atoms with E-state index in [2.05, 4.69) is 0 Å². The van der Waals surface area contributed by atoms with Crippen LogP contribution in [-0.2, 0) is 19.1 Å². The molecule has 10 nitrogen and oxygen atoms in total. The van der Waals surface area contributed by atoms with Crippen LogP contribution in [0.25, 0.3) is 0 Å². The third-order valence-electron chi connectivity index (χ3n) is 3.38. The first kappa shape index (κ1) is 19.0. The second-order valence-electron chi connectivity index (χ2n) is 5.05. The summed E-state index contributed by atoms with van der Waals surface area (Å²) in [5.41, 5.74) is 0. The fourth-order valence-corrected chi connectivity index (χ4v) is 2.37. The van der Waals surface area contributed by atoms with Crippen molar-refractivity contribution in [2.45, 2.75) is 44.3 Å². The second-order valence-corrected chi connectivity index (χ2v) is 5.05. The van der Waals surface area contributed by atoms with E-state index in [4.69, 9.17) is 14.9 Å². The Balaban J connectivity index is 3.32. The number of imide groups is 1. The van der Waals surface area contributed by atoms with Gasteiger partial charge in [-0.3, -0.25) is 14.5 Å². The highest BCUT2D eigenvalue weighted by Gasteiger charge is 2.47. The lowest BCUT2D eigenvalue weighted by atomic mass is 9.92. The van der Waals surface area contributed by atoms with E-state index in [1.54, 1.807) is 0 Å². The molecule has 0 saturated heterocycles. The quantitative estimate of drug-likeness (QED) is 0.357. The number of carboxylic acid groups (broad SMARTS) is 1. The maximum absolute atomic E-state index is 11.7. The number of carbonyl (C=O) groups excluding carboxylic acids is 2. The summed E-state index contributed by atoms with van der Waals surface area (Å²) in [5.74, 6) is -3.80. The van der Waals surface area contributed by atoms with Gasteiger partial charge in [0.15, 0.2) is 6.10 Å². The molecule has 1 aliphatic heterocycles. The van der Waals surface area contributed by atoms with Gasteiger partial charge in [-0.2, -0.15) is 0 Å². The fourth-order valence-electron chi connectivity index (χ4n) is 2.37. The summed E-state index contributed by atoms with van der Waals surface area (Å²) in [5, 5.41) is 47.5. The molecule has 1 rings (SSSR count). The van der Waals surface area contributed by atoms with Crippen molar-refractivity contribution in [1.29, 1.82) is 0 Å². The molecule has 10 heteroatoms. The number of amides is 2. The van der Waals surface area contributed by atoms with Crippen LogP contribution in [0.15, 0.2) is 11.8 Å². The predicted molar refractivity (Wildman–Crippen MR) is 72.7 cm³/mol. The number of hydrogen-bond acceptors (Lipinski definition) is 8. The largest absolute Gasteiger partial charge is 0.478 e. The Morgan fingerprint density at radius 3 is 2.17 bits per heavy atom. The minimum absolute atomic E-state index is 0.595. The average Bonchev–Trinajstić information content (AvgIpc) is 2.46. The molecule has 23 heavy (non-hydrogen) atoms. The maximum atomic E-state index is 11.7. The zero-order valence-corrected chi connectivity index (χ0v) is 12.5. The van der Waals surface area contributed by atoms with E-state index >= 15 is 0 Å². The van der Waals surface area contributed by atoms with Gasteiger partial charge in [0.25, 0.3) is 0 Å². The van der Waals surface area contributed by atoms with E-state index in [1.807, 2.05) is 0 Å². The normalized spacial score (nSPS) is 26.5. The highest BCUT2D eigenvalue weighted by atomic mass is 16.5. The van der Waals surface area contributed by atoms with Gasteiger partial charge in [0.05, 0.1) is 6.61 Å². The Labute approximate surface area is 131 Å². The summed E-state index contributed by atoms with van der Waals surface area (Å²) in [7, 11) is 0. The number of ether oxygens (including phenoxy) is 1. The van der Waals surface area contributed by atoms with Crippen LogP contribution in [0.3, 0.4) is 0 Å². The van der Waals surface area contributed by atoms with Crippen LogP contribution in [0.4, 0.5) is 0 Å². The number of carbonyl (C=O) groups is 3. The van der Waals surface area contributed by atoms with E-state index in [9.17, 15) is 29.7 Å². The monoisotopic (exact) mass is 333 g/mol. The average molecular weight is 333 g/mol. The van der Waals surface area contributed by atoms with E-state index in [-0.39, 0.29) is 0 Å². The molecule has 0 aromatic rings. The van der Waals surface area contributed by atoms with E-state index in [1.165, 1.54) is 0 Å². The molecule has 0 aromatic carbocycles. The molecule has 2 amide bonds. The molecule has 0 saturated carbocycles. The summed E-state index contributed by atoms with van der Waals surface area (Å²) in [4.78, 5) is 34.9. The van der Waals surface area contributed by atoms with E-state index in [0.29, 0.717) is 4.90 Å². The molecule has 0 aliphatic carbocycles. The number of aliphatic hydroxyl groups excluding tert-OH is 4. The van der Waals surface area contributed by atoms with Gasteiger partial charge in [-0.15, -0.1) is 0 Å². The first-order valence-electron chi connectivity index (χ1n) is 6.69. The third-order valence-corrected chi connectivity index (χ3v) is 3.38. The SMILES string of the molecule is CC(=O)N(C(C)=O)[C@@H]1[C@@H](O)C=C(C(=O)O)O[C@H]1C(O)[C@H](O)CO. The van der Waals surface area contributed by atoms with Gasteiger partial charge in [0.1, 0.15) is 24.4 Å². The van der Waals surface area contributed by atoms with E-state index < -0.39 is 60.6 Å². The highest BCUT2D eigenvalue weighted by Crippen LogP contribution is 2.27. The minimum atomic E-state index is -1.86. The molecule has 1 heterocycles. The Morgan fingerprint density at radius 2 is 1.78 bits per heavy atom. The van der Waals surface area contributed by atoms with Gasteiger partial charge < -0.3 is 30.3 Å². The standard InChI is InChI=1S/C13H19NO9/c1-5(16)14(6(2)17)10-7(18)3-9(13(21)22)23-12(10)11(20)8(19)4-15/h3,7-8,10-12,15,18-20H,4H2,1-2H3,(H,21,22)/t7-,8+,10+,11?,12+/m0/s1. The van der Waals surface area contributed by atoms with Crippen LogP contribution in [0.2, 0.25) is 0 Å². The van der Waals surface area contributed by atoms with Crippen LogP contribution >= 0.6 is 0 Å². The van der Waals surface area contributed by atoms with Crippen LogP contribution in [0.1, 0.15) is 13.8 Å². The topological polar surface area (TPSA) is 165 Å². The number of aliphatic carboxylic acids is 1. The molecule has 5 N–H and O–H groups in total. The van der Waals surface area contributed by atoms with Crippen molar-refractivity contribution in [2.24, 2.45) is 0 Å². The molecule has 5 atom stereocenters. The fraction of sp³-hybridized carbons (Fsp3) is 0.615. The summed E-state index contributed by atoms with van der Waals surface area (Å²) in [6.45, 7) is 1.20. The summed E-state index contributed by atoms with van der Waals surface area (Å²) in [6, 6.07) is -1.47. The molecule has 0 radical (unpaired) electrons. The number of aliphatic hydroxyl groups is 4. The number of hydrogen-bond donors (Lipinski definition) is 5. The molecule has 0 aromatic heterocycles.